The van der Waals surface area contributed by atoms with Crippen LogP contribution in [0.5, 0.6) is 0 Å². The highest BCUT2D eigenvalue weighted by atomic mass is 15.1. The molecule has 0 aromatic rings. The summed E-state index contributed by atoms with van der Waals surface area (Å²) < 4.78 is 0. The van der Waals surface area contributed by atoms with Gasteiger partial charge in [-0.3, -0.25) is 0 Å². The van der Waals surface area contributed by atoms with Crippen LogP contribution in [0.15, 0.2) is 0 Å². The van der Waals surface area contributed by atoms with Crippen LogP contribution >= 0.6 is 0 Å². The van der Waals surface area contributed by atoms with Gasteiger partial charge < -0.3 is 10.2 Å². The first-order chi connectivity index (χ1) is 6.79. The predicted molar refractivity (Wildman–Crippen MR) is 62.6 cm³/mol. The minimum absolute atomic E-state index is 0.831. The zero-order valence-electron chi connectivity index (χ0n) is 9.89. The smallest absolute Gasteiger partial charge is 0.0107 e. The summed E-state index contributed by atoms with van der Waals surface area (Å²) in [5, 5.41) is 3.52. The Bertz CT molecular complexity index is 128. The standard InChI is InChI=1S/C12H26N2/c1-12(2)6-7-13-8-11-14-9-4-3-5-10-14/h12-13H,3-11H2,1-2H3. The van der Waals surface area contributed by atoms with Crippen molar-refractivity contribution in [3.05, 3.63) is 0 Å². The lowest BCUT2D eigenvalue weighted by atomic mass is 10.1. The predicted octanol–water partition coefficient (Wildman–Crippen LogP) is 2.11. The molecule has 1 aliphatic heterocycles. The normalized spacial score (nSPS) is 19.1. The van der Waals surface area contributed by atoms with Crippen LogP contribution in [-0.2, 0) is 0 Å². The van der Waals surface area contributed by atoms with E-state index in [0.717, 1.165) is 5.92 Å². The zero-order valence-corrected chi connectivity index (χ0v) is 9.89. The van der Waals surface area contributed by atoms with E-state index in [9.17, 15) is 0 Å². The van der Waals surface area contributed by atoms with Crippen molar-refractivity contribution < 1.29 is 0 Å². The highest BCUT2D eigenvalue weighted by Gasteiger charge is 2.08. The minimum Gasteiger partial charge on any atom is -0.315 e. The van der Waals surface area contributed by atoms with E-state index in [4.69, 9.17) is 0 Å². The molecule has 0 aromatic carbocycles. The molecule has 0 spiro atoms. The molecule has 0 unspecified atom stereocenters. The third kappa shape index (κ3) is 5.61. The first-order valence-electron chi connectivity index (χ1n) is 6.22. The second-order valence-corrected chi connectivity index (χ2v) is 4.83. The Morgan fingerprint density at radius 2 is 1.79 bits per heavy atom. The van der Waals surface area contributed by atoms with E-state index in [1.807, 2.05) is 0 Å². The summed E-state index contributed by atoms with van der Waals surface area (Å²) in [5.74, 6) is 0.831. The number of nitrogens with one attached hydrogen (secondary N) is 1. The lowest BCUT2D eigenvalue weighted by Crippen LogP contribution is -2.36. The molecule has 1 fully saturated rings. The Morgan fingerprint density at radius 1 is 1.07 bits per heavy atom. The van der Waals surface area contributed by atoms with Gasteiger partial charge in [-0.05, 0) is 44.8 Å². The fourth-order valence-electron chi connectivity index (χ4n) is 1.94. The molecule has 1 rings (SSSR count). The van der Waals surface area contributed by atoms with E-state index >= 15 is 0 Å². The third-order valence-electron chi connectivity index (χ3n) is 2.95. The van der Waals surface area contributed by atoms with Crippen molar-refractivity contribution >= 4 is 0 Å². The van der Waals surface area contributed by atoms with Gasteiger partial charge >= 0.3 is 0 Å². The fourth-order valence-corrected chi connectivity index (χ4v) is 1.94. The van der Waals surface area contributed by atoms with Crippen molar-refractivity contribution in [2.45, 2.75) is 39.5 Å². The molecule has 2 nitrogen and oxygen atoms in total. The second-order valence-electron chi connectivity index (χ2n) is 4.83. The van der Waals surface area contributed by atoms with Crippen LogP contribution in [0, 0.1) is 5.92 Å². The average molecular weight is 198 g/mol. The molecule has 0 aromatic heterocycles. The topological polar surface area (TPSA) is 15.3 Å². The van der Waals surface area contributed by atoms with Crippen molar-refractivity contribution in [1.82, 2.24) is 10.2 Å². The third-order valence-corrected chi connectivity index (χ3v) is 2.95. The van der Waals surface area contributed by atoms with Crippen molar-refractivity contribution in [2.24, 2.45) is 5.92 Å². The Labute approximate surface area is 89.1 Å². The van der Waals surface area contributed by atoms with Crippen LogP contribution in [0.25, 0.3) is 0 Å². The van der Waals surface area contributed by atoms with Gasteiger partial charge in [-0.1, -0.05) is 20.3 Å². The van der Waals surface area contributed by atoms with E-state index in [2.05, 4.69) is 24.1 Å². The van der Waals surface area contributed by atoms with Gasteiger partial charge in [-0.25, -0.2) is 0 Å². The number of nitrogens with zero attached hydrogens (tertiary/aromatic N) is 1. The highest BCUT2D eigenvalue weighted by molar-refractivity contribution is 4.65. The van der Waals surface area contributed by atoms with Crippen LogP contribution in [-0.4, -0.2) is 37.6 Å². The summed E-state index contributed by atoms with van der Waals surface area (Å²) in [7, 11) is 0. The van der Waals surface area contributed by atoms with E-state index < -0.39 is 0 Å². The highest BCUT2D eigenvalue weighted by Crippen LogP contribution is 2.07. The van der Waals surface area contributed by atoms with Gasteiger partial charge in [0.25, 0.3) is 0 Å². The molecule has 1 saturated heterocycles. The number of hydrogen-bond donors (Lipinski definition) is 1. The number of hydrogen-bond acceptors (Lipinski definition) is 2. The Hall–Kier alpha value is -0.0800. The quantitative estimate of drug-likeness (QED) is 0.658. The van der Waals surface area contributed by atoms with Crippen molar-refractivity contribution in [3.63, 3.8) is 0 Å². The summed E-state index contributed by atoms with van der Waals surface area (Å²) in [6.45, 7) is 10.8. The maximum atomic E-state index is 3.52. The maximum absolute atomic E-state index is 3.52. The van der Waals surface area contributed by atoms with Crippen LogP contribution in [0.4, 0.5) is 0 Å². The SMILES string of the molecule is CC(C)CCNCCN1CCCCC1. The lowest BCUT2D eigenvalue weighted by molar-refractivity contribution is 0.229. The van der Waals surface area contributed by atoms with Crippen molar-refractivity contribution in [1.29, 1.82) is 0 Å². The minimum atomic E-state index is 0.831. The molecular weight excluding hydrogens is 172 g/mol. The lowest BCUT2D eigenvalue weighted by Gasteiger charge is -2.26. The van der Waals surface area contributed by atoms with Gasteiger partial charge in [0.1, 0.15) is 0 Å². The first-order valence-corrected chi connectivity index (χ1v) is 6.22. The van der Waals surface area contributed by atoms with E-state index in [1.165, 1.54) is 58.4 Å². The van der Waals surface area contributed by atoms with Gasteiger partial charge in [-0.2, -0.15) is 0 Å². The molecule has 0 aliphatic carbocycles. The summed E-state index contributed by atoms with van der Waals surface area (Å²) in [4.78, 5) is 2.59. The Balaban J connectivity index is 1.87. The number of rotatable bonds is 6. The van der Waals surface area contributed by atoms with Gasteiger partial charge in [0.05, 0.1) is 0 Å². The van der Waals surface area contributed by atoms with E-state index in [-0.39, 0.29) is 0 Å². The molecular formula is C12H26N2. The molecule has 0 radical (unpaired) electrons. The molecule has 0 atom stereocenters. The van der Waals surface area contributed by atoms with Crippen LogP contribution < -0.4 is 5.32 Å². The summed E-state index contributed by atoms with van der Waals surface area (Å²) >= 11 is 0. The van der Waals surface area contributed by atoms with Gasteiger partial charge in [0.2, 0.25) is 0 Å². The second kappa shape index (κ2) is 7.24. The van der Waals surface area contributed by atoms with Crippen molar-refractivity contribution in [2.75, 3.05) is 32.7 Å². The monoisotopic (exact) mass is 198 g/mol. The number of piperidine rings is 1. The number of likely N-dealkylation sites (tertiary alicyclic amines) is 1. The maximum Gasteiger partial charge on any atom is 0.0107 e. The van der Waals surface area contributed by atoms with Gasteiger partial charge in [-0.15, -0.1) is 0 Å². The fraction of sp³-hybridized carbons (Fsp3) is 1.00. The molecule has 1 heterocycles. The van der Waals surface area contributed by atoms with Crippen LogP contribution in [0.2, 0.25) is 0 Å². The average Bonchev–Trinajstić information content (AvgIpc) is 2.18. The Kier molecular flexibility index (Phi) is 6.20. The van der Waals surface area contributed by atoms with E-state index in [1.54, 1.807) is 0 Å². The van der Waals surface area contributed by atoms with E-state index in [0.29, 0.717) is 0 Å². The van der Waals surface area contributed by atoms with Crippen molar-refractivity contribution in [3.8, 4) is 0 Å². The summed E-state index contributed by atoms with van der Waals surface area (Å²) in [6.07, 6.45) is 5.56. The molecule has 0 amide bonds. The molecule has 0 saturated carbocycles. The first kappa shape index (κ1) is 12.0. The van der Waals surface area contributed by atoms with Gasteiger partial charge in [0, 0.05) is 13.1 Å². The molecule has 14 heavy (non-hydrogen) atoms. The molecule has 84 valence electrons. The van der Waals surface area contributed by atoms with Gasteiger partial charge in [0.15, 0.2) is 0 Å². The van der Waals surface area contributed by atoms with Crippen LogP contribution in [0.3, 0.4) is 0 Å². The Morgan fingerprint density at radius 3 is 2.43 bits per heavy atom. The molecule has 0 bridgehead atoms. The summed E-state index contributed by atoms with van der Waals surface area (Å²) in [5.41, 5.74) is 0. The molecule has 1 aliphatic rings. The molecule has 1 N–H and O–H groups in total. The molecule has 2 heteroatoms. The van der Waals surface area contributed by atoms with Crippen LogP contribution in [0.1, 0.15) is 39.5 Å². The largest absolute Gasteiger partial charge is 0.315 e. The zero-order chi connectivity index (χ0) is 10.2. The summed E-state index contributed by atoms with van der Waals surface area (Å²) in [6, 6.07) is 0.